The van der Waals surface area contributed by atoms with E-state index in [4.69, 9.17) is 0 Å². The van der Waals surface area contributed by atoms with Gasteiger partial charge in [-0.15, -0.1) is 6.58 Å². The second-order valence-corrected chi connectivity index (χ2v) is 8.43. The summed E-state index contributed by atoms with van der Waals surface area (Å²) in [5.74, 6) is -0.0681. The van der Waals surface area contributed by atoms with Gasteiger partial charge in [0, 0.05) is 23.2 Å². The van der Waals surface area contributed by atoms with Crippen LogP contribution in [0.15, 0.2) is 43.0 Å². The van der Waals surface area contributed by atoms with Crippen LogP contribution in [-0.2, 0) is 13.0 Å². The van der Waals surface area contributed by atoms with Gasteiger partial charge in [-0.2, -0.15) is 0 Å². The zero-order chi connectivity index (χ0) is 21.1. The monoisotopic (exact) mass is 380 g/mol. The molecule has 0 bridgehead atoms. The molecule has 0 heterocycles. The molecule has 150 valence electrons. The fraction of sp³-hybridized carbons (Fsp3) is 0.375. The van der Waals surface area contributed by atoms with Crippen molar-refractivity contribution in [2.24, 2.45) is 0 Å². The first-order chi connectivity index (χ1) is 13.0. The van der Waals surface area contributed by atoms with Gasteiger partial charge in [0.15, 0.2) is 0 Å². The molecule has 0 aliphatic heterocycles. The summed E-state index contributed by atoms with van der Waals surface area (Å²) in [6.07, 6.45) is 2.30. The molecule has 0 atom stereocenters. The van der Waals surface area contributed by atoms with E-state index in [0.717, 1.165) is 11.1 Å². The van der Waals surface area contributed by atoms with Crippen molar-refractivity contribution in [2.75, 3.05) is 0 Å². The van der Waals surface area contributed by atoms with Crippen LogP contribution in [0.2, 0.25) is 0 Å². The molecule has 2 N–H and O–H groups in total. The van der Waals surface area contributed by atoms with Crippen molar-refractivity contribution in [1.82, 2.24) is 10.4 Å². The largest absolute Gasteiger partial charge is 0.507 e. The fourth-order valence-electron chi connectivity index (χ4n) is 3.29. The highest BCUT2D eigenvalue weighted by atomic mass is 16.3. The van der Waals surface area contributed by atoms with Crippen LogP contribution >= 0.6 is 0 Å². The van der Waals surface area contributed by atoms with Crippen molar-refractivity contribution in [3.8, 4) is 5.75 Å². The van der Waals surface area contributed by atoms with Gasteiger partial charge in [-0.3, -0.25) is 10.2 Å². The van der Waals surface area contributed by atoms with E-state index in [1.165, 1.54) is 11.1 Å². The quantitative estimate of drug-likeness (QED) is 0.548. The molecule has 0 saturated carbocycles. The molecule has 1 amide bonds. The first kappa shape index (κ1) is 21.7. The van der Waals surface area contributed by atoms with Crippen LogP contribution in [0.4, 0.5) is 0 Å². The average molecular weight is 381 g/mol. The van der Waals surface area contributed by atoms with Crippen molar-refractivity contribution in [3.63, 3.8) is 0 Å². The van der Waals surface area contributed by atoms with Crippen LogP contribution in [0.1, 0.15) is 58.9 Å². The number of amides is 1. The van der Waals surface area contributed by atoms with Crippen LogP contribution in [0, 0.1) is 20.8 Å². The lowest BCUT2D eigenvalue weighted by molar-refractivity contribution is 0.0461. The van der Waals surface area contributed by atoms with Crippen LogP contribution in [0.25, 0.3) is 0 Å². The molecule has 0 radical (unpaired) electrons. The van der Waals surface area contributed by atoms with Crippen molar-refractivity contribution in [3.05, 3.63) is 76.4 Å². The van der Waals surface area contributed by atoms with E-state index in [1.54, 1.807) is 25.1 Å². The maximum absolute atomic E-state index is 13.0. The molecule has 2 aromatic carbocycles. The maximum atomic E-state index is 13.0. The Morgan fingerprint density at radius 3 is 2.29 bits per heavy atom. The fourth-order valence-corrected chi connectivity index (χ4v) is 3.29. The van der Waals surface area contributed by atoms with Gasteiger partial charge >= 0.3 is 0 Å². The molecule has 4 heteroatoms. The summed E-state index contributed by atoms with van der Waals surface area (Å²) in [5.41, 5.74) is 8.15. The Labute approximate surface area is 168 Å². The van der Waals surface area contributed by atoms with Crippen LogP contribution in [0.5, 0.6) is 5.75 Å². The predicted molar refractivity (Wildman–Crippen MR) is 115 cm³/mol. The van der Waals surface area contributed by atoms with Gasteiger partial charge in [-0.1, -0.05) is 41.5 Å². The summed E-state index contributed by atoms with van der Waals surface area (Å²) in [7, 11) is 0. The van der Waals surface area contributed by atoms with Crippen molar-refractivity contribution in [1.29, 1.82) is 0 Å². The third kappa shape index (κ3) is 5.23. The number of hydrazine groups is 1. The first-order valence-corrected chi connectivity index (χ1v) is 9.61. The Bertz CT molecular complexity index is 859. The Morgan fingerprint density at radius 1 is 1.14 bits per heavy atom. The molecule has 28 heavy (non-hydrogen) atoms. The second kappa shape index (κ2) is 8.61. The molecule has 0 spiro atoms. The van der Waals surface area contributed by atoms with Gasteiger partial charge in [-0.05, 0) is 65.2 Å². The zero-order valence-corrected chi connectivity index (χ0v) is 17.9. The van der Waals surface area contributed by atoms with Gasteiger partial charge < -0.3 is 5.11 Å². The number of benzene rings is 2. The van der Waals surface area contributed by atoms with Crippen LogP contribution < -0.4 is 5.43 Å². The number of phenolic OH excluding ortho intramolecular Hbond substituents is 1. The highest BCUT2D eigenvalue weighted by Gasteiger charge is 2.25. The molecule has 0 aromatic heterocycles. The standard InChI is InChI=1S/C24H32N2O2/c1-8-9-20-10-11-21(18(4)22(20)27)23(28)25-26(24(5,6)7)15-19-13-16(2)12-17(3)14-19/h8,10-14,27H,1,9,15H2,2-7H3,(H,25,28). The van der Waals surface area contributed by atoms with Crippen molar-refractivity contribution in [2.45, 2.75) is 60.0 Å². The van der Waals surface area contributed by atoms with Gasteiger partial charge in [-0.25, -0.2) is 5.01 Å². The number of allylic oxidation sites excluding steroid dienone is 1. The molecule has 0 unspecified atom stereocenters. The topological polar surface area (TPSA) is 52.6 Å². The number of nitrogens with one attached hydrogen (secondary N) is 1. The summed E-state index contributed by atoms with van der Waals surface area (Å²) in [6, 6.07) is 9.96. The molecular formula is C24H32N2O2. The lowest BCUT2D eigenvalue weighted by Gasteiger charge is -2.36. The number of aryl methyl sites for hydroxylation is 2. The molecule has 4 nitrogen and oxygen atoms in total. The average Bonchev–Trinajstić information content (AvgIpc) is 2.57. The van der Waals surface area contributed by atoms with Gasteiger partial charge in [0.05, 0.1) is 0 Å². The summed E-state index contributed by atoms with van der Waals surface area (Å²) >= 11 is 0. The minimum absolute atomic E-state index is 0.157. The Balaban J connectivity index is 2.29. The van der Waals surface area contributed by atoms with Crippen molar-refractivity contribution < 1.29 is 9.90 Å². The van der Waals surface area contributed by atoms with E-state index in [2.05, 4.69) is 64.8 Å². The third-order valence-electron chi connectivity index (χ3n) is 4.79. The third-order valence-corrected chi connectivity index (χ3v) is 4.79. The lowest BCUT2D eigenvalue weighted by atomic mass is 10.0. The van der Waals surface area contributed by atoms with E-state index in [-0.39, 0.29) is 17.2 Å². The number of aromatic hydroxyl groups is 1. The minimum Gasteiger partial charge on any atom is -0.507 e. The van der Waals surface area contributed by atoms with E-state index in [1.807, 2.05) is 5.01 Å². The smallest absolute Gasteiger partial charge is 0.266 e. The Kier molecular flexibility index (Phi) is 6.68. The molecular weight excluding hydrogens is 348 g/mol. The number of carbonyl (C=O) groups is 1. The predicted octanol–water partition coefficient (Wildman–Crippen LogP) is 4.99. The highest BCUT2D eigenvalue weighted by Crippen LogP contribution is 2.26. The number of carbonyl (C=O) groups excluding carboxylic acids is 1. The molecule has 0 aliphatic rings. The molecule has 2 rings (SSSR count). The molecule has 2 aromatic rings. The van der Waals surface area contributed by atoms with Gasteiger partial charge in [0.1, 0.15) is 5.75 Å². The zero-order valence-electron chi connectivity index (χ0n) is 17.9. The van der Waals surface area contributed by atoms with Gasteiger partial charge in [0.2, 0.25) is 0 Å². The molecule has 0 aliphatic carbocycles. The normalized spacial score (nSPS) is 11.5. The summed E-state index contributed by atoms with van der Waals surface area (Å²) < 4.78 is 0. The second-order valence-electron chi connectivity index (χ2n) is 8.43. The van der Waals surface area contributed by atoms with E-state index in [9.17, 15) is 9.90 Å². The molecule has 0 saturated heterocycles. The number of hydrogen-bond donors (Lipinski definition) is 2. The number of nitrogens with zero attached hydrogens (tertiary/aromatic N) is 1. The Morgan fingerprint density at radius 2 is 1.75 bits per heavy atom. The number of phenols is 1. The summed E-state index contributed by atoms with van der Waals surface area (Å²) in [4.78, 5) is 13.0. The highest BCUT2D eigenvalue weighted by molar-refractivity contribution is 5.96. The number of hydrogen-bond acceptors (Lipinski definition) is 3. The van der Waals surface area contributed by atoms with E-state index >= 15 is 0 Å². The SMILES string of the molecule is C=CCc1ccc(C(=O)NN(Cc2cc(C)cc(C)c2)C(C)(C)C)c(C)c1O. The van der Waals surface area contributed by atoms with Crippen molar-refractivity contribution >= 4 is 5.91 Å². The Hall–Kier alpha value is -2.59. The summed E-state index contributed by atoms with van der Waals surface area (Å²) in [6.45, 7) is 16.4. The van der Waals surface area contributed by atoms with E-state index in [0.29, 0.717) is 24.1 Å². The minimum atomic E-state index is -0.272. The molecule has 0 fully saturated rings. The lowest BCUT2D eigenvalue weighted by Crippen LogP contribution is -2.52. The van der Waals surface area contributed by atoms with Crippen LogP contribution in [0.3, 0.4) is 0 Å². The van der Waals surface area contributed by atoms with Crippen LogP contribution in [-0.4, -0.2) is 21.6 Å². The first-order valence-electron chi connectivity index (χ1n) is 9.61. The van der Waals surface area contributed by atoms with Gasteiger partial charge in [0.25, 0.3) is 5.91 Å². The van der Waals surface area contributed by atoms with E-state index < -0.39 is 0 Å². The summed E-state index contributed by atoms with van der Waals surface area (Å²) in [5, 5.41) is 12.3. The number of rotatable bonds is 6. The maximum Gasteiger partial charge on any atom is 0.266 e.